The second-order valence-corrected chi connectivity index (χ2v) is 6.66. The zero-order chi connectivity index (χ0) is 19.3. The molecule has 0 aliphatic rings. The maximum atomic E-state index is 13.1. The normalized spacial score (nSPS) is 10.4. The molecule has 2 rings (SSSR count). The summed E-state index contributed by atoms with van der Waals surface area (Å²) in [6.07, 6.45) is -0.0792. The van der Waals surface area contributed by atoms with Crippen LogP contribution in [-0.4, -0.2) is 35.9 Å². The van der Waals surface area contributed by atoms with E-state index in [1.54, 1.807) is 13.8 Å². The number of amides is 2. The molecule has 7 nitrogen and oxygen atoms in total. The summed E-state index contributed by atoms with van der Waals surface area (Å²) in [5, 5.41) is 0.718. The van der Waals surface area contributed by atoms with Crippen LogP contribution in [-0.2, 0) is 14.3 Å². The number of nitrogens with zero attached hydrogens (tertiary/aromatic N) is 2. The number of aromatic nitrogens is 1. The van der Waals surface area contributed by atoms with Gasteiger partial charge in [0, 0.05) is 18.7 Å². The number of primary amides is 1. The van der Waals surface area contributed by atoms with Gasteiger partial charge in [0.25, 0.3) is 5.91 Å². The average molecular weight is 379 g/mol. The minimum Gasteiger partial charge on any atom is -0.451 e. The topological polar surface area (TPSA) is 103 Å². The van der Waals surface area contributed by atoms with Crippen molar-refractivity contribution in [3.63, 3.8) is 0 Å². The van der Waals surface area contributed by atoms with Gasteiger partial charge in [-0.15, -0.1) is 11.3 Å². The minimum absolute atomic E-state index is 0.00393. The molecule has 0 saturated heterocycles. The van der Waals surface area contributed by atoms with Gasteiger partial charge < -0.3 is 15.4 Å². The first-order chi connectivity index (χ1) is 12.3. The van der Waals surface area contributed by atoms with Crippen molar-refractivity contribution in [2.75, 3.05) is 18.1 Å². The lowest BCUT2D eigenvalue weighted by Crippen LogP contribution is -2.37. The molecule has 0 aliphatic heterocycles. The van der Waals surface area contributed by atoms with Crippen LogP contribution in [0.3, 0.4) is 0 Å². The van der Waals surface area contributed by atoms with Gasteiger partial charge in [0.05, 0.1) is 10.7 Å². The van der Waals surface area contributed by atoms with E-state index in [2.05, 4.69) is 4.98 Å². The molecule has 2 aromatic rings. The summed E-state index contributed by atoms with van der Waals surface area (Å²) in [4.78, 5) is 41.3. The van der Waals surface area contributed by atoms with Crippen molar-refractivity contribution in [3.8, 4) is 0 Å². The lowest BCUT2D eigenvalue weighted by molar-refractivity contribution is -0.121. The first-order valence-electron chi connectivity index (χ1n) is 7.73. The number of rotatable bonds is 7. The summed E-state index contributed by atoms with van der Waals surface area (Å²) < 4.78 is 18.2. The standard InChI is InChI=1S/C17H18FN3O4S/c1-10-16(26-11(2)20-10)17(24)25-9-15(23)21(8-7-14(19)22)13-5-3-12(18)4-6-13/h3-6H,7-9H2,1-2H3,(H2,19,22). The number of carbonyl (C=O) groups excluding carboxylic acids is 3. The van der Waals surface area contributed by atoms with E-state index in [1.165, 1.54) is 40.5 Å². The molecule has 1 heterocycles. The Hall–Kier alpha value is -2.81. The third-order valence-electron chi connectivity index (χ3n) is 3.44. The third kappa shape index (κ3) is 5.09. The van der Waals surface area contributed by atoms with Crippen molar-refractivity contribution in [1.29, 1.82) is 0 Å². The predicted octanol–water partition coefficient (Wildman–Crippen LogP) is 1.96. The fourth-order valence-electron chi connectivity index (χ4n) is 2.23. The molecule has 0 spiro atoms. The molecule has 2 amide bonds. The maximum absolute atomic E-state index is 13.1. The Kier molecular flexibility index (Phi) is 6.40. The molecular formula is C17H18FN3O4S. The lowest BCUT2D eigenvalue weighted by atomic mass is 10.2. The Bertz CT molecular complexity index is 820. The quantitative estimate of drug-likeness (QED) is 0.741. The highest BCUT2D eigenvalue weighted by molar-refractivity contribution is 7.13. The first kappa shape index (κ1) is 19.5. The van der Waals surface area contributed by atoms with Crippen molar-refractivity contribution in [3.05, 3.63) is 45.7 Å². The Morgan fingerprint density at radius 2 is 1.88 bits per heavy atom. The number of ether oxygens (including phenoxy) is 1. The van der Waals surface area contributed by atoms with Crippen LogP contribution in [0.4, 0.5) is 10.1 Å². The summed E-state index contributed by atoms with van der Waals surface area (Å²) in [6.45, 7) is 2.92. The second kappa shape index (κ2) is 8.52. The number of hydrogen-bond acceptors (Lipinski definition) is 6. The van der Waals surface area contributed by atoms with Crippen LogP contribution in [0.2, 0.25) is 0 Å². The fourth-order valence-corrected chi connectivity index (χ4v) is 3.05. The van der Waals surface area contributed by atoms with E-state index in [0.29, 0.717) is 16.3 Å². The molecular weight excluding hydrogens is 361 g/mol. The van der Waals surface area contributed by atoms with E-state index in [-0.39, 0.29) is 13.0 Å². The van der Waals surface area contributed by atoms with Gasteiger partial charge in [0.2, 0.25) is 5.91 Å². The molecule has 0 bridgehead atoms. The number of aryl methyl sites for hydroxylation is 2. The number of carbonyl (C=O) groups is 3. The monoisotopic (exact) mass is 379 g/mol. The van der Waals surface area contributed by atoms with Crippen molar-refractivity contribution in [2.45, 2.75) is 20.3 Å². The Labute approximate surface area is 153 Å². The summed E-state index contributed by atoms with van der Waals surface area (Å²) in [5.41, 5.74) is 6.04. The second-order valence-electron chi connectivity index (χ2n) is 5.46. The SMILES string of the molecule is Cc1nc(C)c(C(=O)OCC(=O)N(CCC(N)=O)c2ccc(F)cc2)s1. The molecule has 9 heteroatoms. The Balaban J connectivity index is 2.08. The average Bonchev–Trinajstić information content (AvgIpc) is 2.92. The molecule has 0 unspecified atom stereocenters. The minimum atomic E-state index is -0.643. The highest BCUT2D eigenvalue weighted by atomic mass is 32.1. The molecule has 1 aromatic heterocycles. The predicted molar refractivity (Wildman–Crippen MR) is 94.4 cm³/mol. The molecule has 1 aromatic carbocycles. The molecule has 138 valence electrons. The number of nitrogens with two attached hydrogens (primary N) is 1. The smallest absolute Gasteiger partial charge is 0.350 e. The Morgan fingerprint density at radius 1 is 1.23 bits per heavy atom. The van der Waals surface area contributed by atoms with Crippen LogP contribution in [0.25, 0.3) is 0 Å². The van der Waals surface area contributed by atoms with E-state index in [4.69, 9.17) is 10.5 Å². The van der Waals surface area contributed by atoms with Gasteiger partial charge >= 0.3 is 5.97 Å². The number of halogens is 1. The first-order valence-corrected chi connectivity index (χ1v) is 8.55. The summed E-state index contributed by atoms with van der Waals surface area (Å²) in [5.74, 6) is -2.24. The number of esters is 1. The van der Waals surface area contributed by atoms with Gasteiger partial charge in [-0.1, -0.05) is 0 Å². The fraction of sp³-hybridized carbons (Fsp3) is 0.294. The highest BCUT2D eigenvalue weighted by Crippen LogP contribution is 2.19. The van der Waals surface area contributed by atoms with Crippen LogP contribution in [0.5, 0.6) is 0 Å². The number of thiazole rings is 1. The molecule has 0 fully saturated rings. The van der Waals surface area contributed by atoms with Crippen LogP contribution in [0, 0.1) is 19.7 Å². The molecule has 26 heavy (non-hydrogen) atoms. The largest absolute Gasteiger partial charge is 0.451 e. The van der Waals surface area contributed by atoms with Crippen molar-refractivity contribution >= 4 is 34.8 Å². The Morgan fingerprint density at radius 3 is 2.42 bits per heavy atom. The van der Waals surface area contributed by atoms with E-state index < -0.39 is 30.2 Å². The highest BCUT2D eigenvalue weighted by Gasteiger charge is 2.21. The zero-order valence-electron chi connectivity index (χ0n) is 14.3. The van der Waals surface area contributed by atoms with Gasteiger partial charge in [0.15, 0.2) is 6.61 Å². The van der Waals surface area contributed by atoms with Gasteiger partial charge in [-0.25, -0.2) is 14.2 Å². The summed E-state index contributed by atoms with van der Waals surface area (Å²) in [7, 11) is 0. The van der Waals surface area contributed by atoms with E-state index in [0.717, 1.165) is 5.01 Å². The molecule has 0 radical (unpaired) electrons. The van der Waals surface area contributed by atoms with E-state index in [9.17, 15) is 18.8 Å². The molecule has 0 saturated carbocycles. The van der Waals surface area contributed by atoms with Crippen LogP contribution in [0.15, 0.2) is 24.3 Å². The maximum Gasteiger partial charge on any atom is 0.350 e. The number of hydrogen-bond donors (Lipinski definition) is 1. The molecule has 2 N–H and O–H groups in total. The van der Waals surface area contributed by atoms with Crippen molar-refractivity contribution in [1.82, 2.24) is 4.98 Å². The molecule has 0 atom stereocenters. The van der Waals surface area contributed by atoms with Gasteiger partial charge in [-0.05, 0) is 38.1 Å². The third-order valence-corrected chi connectivity index (χ3v) is 4.49. The summed E-state index contributed by atoms with van der Waals surface area (Å²) >= 11 is 1.18. The van der Waals surface area contributed by atoms with Crippen LogP contribution >= 0.6 is 11.3 Å². The van der Waals surface area contributed by atoms with Gasteiger partial charge in [-0.3, -0.25) is 9.59 Å². The van der Waals surface area contributed by atoms with Gasteiger partial charge in [-0.2, -0.15) is 0 Å². The number of benzene rings is 1. The molecule has 0 aliphatic carbocycles. The lowest BCUT2D eigenvalue weighted by Gasteiger charge is -2.22. The van der Waals surface area contributed by atoms with Crippen molar-refractivity contribution < 1.29 is 23.5 Å². The summed E-state index contributed by atoms with van der Waals surface area (Å²) in [6, 6.07) is 5.17. The van der Waals surface area contributed by atoms with E-state index in [1.807, 2.05) is 0 Å². The van der Waals surface area contributed by atoms with Gasteiger partial charge in [0.1, 0.15) is 10.7 Å². The van der Waals surface area contributed by atoms with Crippen LogP contribution < -0.4 is 10.6 Å². The zero-order valence-corrected chi connectivity index (χ0v) is 15.1. The van der Waals surface area contributed by atoms with Crippen molar-refractivity contribution in [2.24, 2.45) is 5.73 Å². The van der Waals surface area contributed by atoms with E-state index >= 15 is 0 Å². The number of anilines is 1. The van der Waals surface area contributed by atoms with Crippen LogP contribution in [0.1, 0.15) is 26.8 Å².